The van der Waals surface area contributed by atoms with E-state index in [2.05, 4.69) is 0 Å². The van der Waals surface area contributed by atoms with Crippen LogP contribution in [0.15, 0.2) is 4.42 Å². The van der Waals surface area contributed by atoms with Gasteiger partial charge in [-0.1, -0.05) is 23.2 Å². The number of fused-ring (bicyclic) bond motifs is 3. The fourth-order valence-corrected chi connectivity index (χ4v) is 3.01. The molecule has 0 amide bonds. The standard InChI is InChI=1S/C14H14Cl2O4/c1-5-9(15)8-10(16)11(18)6-4-7(17)14(2,3)20-12(6)13(8)19-5/h7,17-18H,4H2,1-3H3/t7-/m1/s1. The van der Waals surface area contributed by atoms with E-state index in [9.17, 15) is 10.2 Å². The molecular formula is C14H14Cl2O4. The maximum atomic E-state index is 10.2. The number of phenols is 1. The smallest absolute Gasteiger partial charge is 0.179 e. The van der Waals surface area contributed by atoms with Crippen molar-refractivity contribution in [2.75, 3.05) is 0 Å². The second kappa shape index (κ2) is 4.20. The number of hydrogen-bond acceptors (Lipinski definition) is 4. The van der Waals surface area contributed by atoms with E-state index in [1.807, 2.05) is 0 Å². The van der Waals surface area contributed by atoms with E-state index in [1.165, 1.54) is 0 Å². The molecule has 108 valence electrons. The Hall–Kier alpha value is -1.10. The topological polar surface area (TPSA) is 62.8 Å². The number of aliphatic hydroxyl groups is 1. The molecule has 0 aliphatic carbocycles. The summed E-state index contributed by atoms with van der Waals surface area (Å²) in [6.07, 6.45) is -0.512. The van der Waals surface area contributed by atoms with Crippen molar-refractivity contribution in [3.8, 4) is 11.5 Å². The van der Waals surface area contributed by atoms with Gasteiger partial charge in [-0.15, -0.1) is 0 Å². The van der Waals surface area contributed by atoms with Crippen LogP contribution in [0.4, 0.5) is 0 Å². The minimum absolute atomic E-state index is 0.119. The number of aryl methyl sites for hydroxylation is 1. The number of halogens is 2. The highest BCUT2D eigenvalue weighted by Crippen LogP contribution is 2.51. The third-order valence-corrected chi connectivity index (χ3v) is 4.59. The van der Waals surface area contributed by atoms with Crippen molar-refractivity contribution in [2.24, 2.45) is 0 Å². The summed E-state index contributed by atoms with van der Waals surface area (Å²) in [5.41, 5.74) is 0.0675. The van der Waals surface area contributed by atoms with Crippen LogP contribution in [-0.4, -0.2) is 21.9 Å². The molecule has 0 bridgehead atoms. The van der Waals surface area contributed by atoms with Crippen molar-refractivity contribution < 1.29 is 19.4 Å². The number of aliphatic hydroxyl groups excluding tert-OH is 1. The van der Waals surface area contributed by atoms with Gasteiger partial charge in [0.25, 0.3) is 0 Å². The van der Waals surface area contributed by atoms with Crippen LogP contribution in [0.1, 0.15) is 25.2 Å². The Balaban J connectivity index is 2.40. The molecule has 1 aliphatic heterocycles. The van der Waals surface area contributed by atoms with Gasteiger partial charge in [-0.2, -0.15) is 0 Å². The van der Waals surface area contributed by atoms with Crippen molar-refractivity contribution in [1.29, 1.82) is 0 Å². The first-order valence-corrected chi connectivity index (χ1v) is 6.98. The number of ether oxygens (including phenoxy) is 1. The van der Waals surface area contributed by atoms with Gasteiger partial charge in [0.05, 0.1) is 21.5 Å². The predicted molar refractivity (Wildman–Crippen MR) is 77.1 cm³/mol. The first-order valence-electron chi connectivity index (χ1n) is 6.23. The van der Waals surface area contributed by atoms with Crippen LogP contribution >= 0.6 is 23.2 Å². The zero-order valence-corrected chi connectivity index (χ0v) is 12.8. The largest absolute Gasteiger partial charge is 0.506 e. The molecule has 1 aromatic carbocycles. The number of rotatable bonds is 0. The van der Waals surface area contributed by atoms with E-state index in [-0.39, 0.29) is 17.2 Å². The maximum Gasteiger partial charge on any atom is 0.179 e. The van der Waals surface area contributed by atoms with Crippen LogP contribution < -0.4 is 4.74 Å². The molecule has 1 aromatic heterocycles. The molecule has 2 N–H and O–H groups in total. The number of hydrogen-bond donors (Lipinski definition) is 2. The first-order chi connectivity index (χ1) is 9.24. The molecule has 6 heteroatoms. The summed E-state index contributed by atoms with van der Waals surface area (Å²) in [6.45, 7) is 5.26. The molecule has 4 nitrogen and oxygen atoms in total. The minimum atomic E-state index is -0.784. The van der Waals surface area contributed by atoms with Crippen molar-refractivity contribution in [3.05, 3.63) is 21.4 Å². The molecule has 1 aliphatic rings. The average Bonchev–Trinajstić information content (AvgIpc) is 2.66. The Kier molecular flexibility index (Phi) is 2.91. The monoisotopic (exact) mass is 316 g/mol. The summed E-state index contributed by atoms with van der Waals surface area (Å²) in [6, 6.07) is 0. The summed E-state index contributed by atoms with van der Waals surface area (Å²) in [5, 5.41) is 21.3. The Morgan fingerprint density at radius 3 is 2.55 bits per heavy atom. The summed E-state index contributed by atoms with van der Waals surface area (Å²) < 4.78 is 11.5. The van der Waals surface area contributed by atoms with Gasteiger partial charge in [-0.3, -0.25) is 0 Å². The van der Waals surface area contributed by atoms with Gasteiger partial charge in [-0.05, 0) is 20.8 Å². The average molecular weight is 317 g/mol. The fourth-order valence-electron chi connectivity index (χ4n) is 2.44. The second-order valence-corrected chi connectivity index (χ2v) is 6.33. The van der Waals surface area contributed by atoms with Crippen molar-refractivity contribution in [1.82, 2.24) is 0 Å². The molecule has 0 saturated carbocycles. The van der Waals surface area contributed by atoms with Crippen LogP contribution in [0.5, 0.6) is 11.5 Å². The van der Waals surface area contributed by atoms with E-state index in [4.69, 9.17) is 32.4 Å². The summed E-state index contributed by atoms with van der Waals surface area (Å²) >= 11 is 12.3. The van der Waals surface area contributed by atoms with Gasteiger partial charge >= 0.3 is 0 Å². The van der Waals surface area contributed by atoms with Crippen LogP contribution in [-0.2, 0) is 6.42 Å². The number of benzene rings is 1. The molecule has 1 atom stereocenters. The van der Waals surface area contributed by atoms with E-state index >= 15 is 0 Å². The Morgan fingerprint density at radius 1 is 1.25 bits per heavy atom. The third kappa shape index (κ3) is 1.72. The number of aromatic hydroxyl groups is 1. The molecule has 0 unspecified atom stereocenters. The van der Waals surface area contributed by atoms with Gasteiger partial charge in [0.15, 0.2) is 11.3 Å². The van der Waals surface area contributed by atoms with Crippen molar-refractivity contribution >= 4 is 34.2 Å². The lowest BCUT2D eigenvalue weighted by atomic mass is 9.90. The van der Waals surface area contributed by atoms with Crippen LogP contribution in [0, 0.1) is 6.92 Å². The number of furan rings is 1. The zero-order chi connectivity index (χ0) is 14.8. The maximum absolute atomic E-state index is 10.2. The van der Waals surface area contributed by atoms with Crippen molar-refractivity contribution in [2.45, 2.75) is 38.9 Å². The molecule has 3 rings (SSSR count). The lowest BCUT2D eigenvalue weighted by Crippen LogP contribution is -2.46. The highest BCUT2D eigenvalue weighted by atomic mass is 35.5. The number of phenolic OH excluding ortho intramolecular Hbond substituents is 1. The summed E-state index contributed by atoms with van der Waals surface area (Å²) in [4.78, 5) is 0. The SMILES string of the molecule is Cc1oc2c3c(c(O)c(Cl)c2c1Cl)C[C@@H](O)C(C)(C)O3. The zero-order valence-electron chi connectivity index (χ0n) is 11.3. The van der Waals surface area contributed by atoms with Gasteiger partial charge in [0.2, 0.25) is 0 Å². The van der Waals surface area contributed by atoms with Crippen LogP contribution in [0.3, 0.4) is 0 Å². The molecule has 0 saturated heterocycles. The predicted octanol–water partition coefficient (Wildman–Crippen LogP) is 3.83. The molecule has 0 spiro atoms. The highest BCUT2D eigenvalue weighted by Gasteiger charge is 2.40. The molecule has 0 fully saturated rings. The van der Waals surface area contributed by atoms with Crippen molar-refractivity contribution in [3.63, 3.8) is 0 Å². The second-order valence-electron chi connectivity index (χ2n) is 5.57. The minimum Gasteiger partial charge on any atom is -0.506 e. The van der Waals surface area contributed by atoms with Crippen LogP contribution in [0.2, 0.25) is 10.0 Å². The molecule has 0 radical (unpaired) electrons. The quantitative estimate of drug-likeness (QED) is 0.775. The Labute approximate surface area is 125 Å². The van der Waals surface area contributed by atoms with E-state index in [0.29, 0.717) is 33.1 Å². The summed E-state index contributed by atoms with van der Waals surface area (Å²) in [7, 11) is 0. The van der Waals surface area contributed by atoms with Gasteiger partial charge in [0.1, 0.15) is 17.1 Å². The fraction of sp³-hybridized carbons (Fsp3) is 0.429. The summed E-state index contributed by atoms with van der Waals surface area (Å²) in [5.74, 6) is 0.780. The highest BCUT2D eigenvalue weighted by molar-refractivity contribution is 6.43. The molecule has 2 heterocycles. The third-order valence-electron chi connectivity index (χ3n) is 3.77. The van der Waals surface area contributed by atoms with Gasteiger partial charge < -0.3 is 19.4 Å². The van der Waals surface area contributed by atoms with E-state index in [1.54, 1.807) is 20.8 Å². The van der Waals surface area contributed by atoms with E-state index < -0.39 is 11.7 Å². The normalized spacial score (nSPS) is 20.8. The van der Waals surface area contributed by atoms with Gasteiger partial charge in [-0.25, -0.2) is 0 Å². The molecular weight excluding hydrogens is 303 g/mol. The van der Waals surface area contributed by atoms with Crippen LogP contribution in [0.25, 0.3) is 11.0 Å². The van der Waals surface area contributed by atoms with Gasteiger partial charge in [0, 0.05) is 12.0 Å². The first kappa shape index (κ1) is 13.9. The molecule has 20 heavy (non-hydrogen) atoms. The lowest BCUT2D eigenvalue weighted by Gasteiger charge is -2.37. The lowest BCUT2D eigenvalue weighted by molar-refractivity contribution is -0.0411. The van der Waals surface area contributed by atoms with E-state index in [0.717, 1.165) is 0 Å². The Bertz CT molecular complexity index is 718. The Morgan fingerprint density at radius 2 is 1.90 bits per heavy atom. The molecule has 2 aromatic rings.